The van der Waals surface area contributed by atoms with Crippen LogP contribution in [0.4, 0.5) is 5.69 Å². The van der Waals surface area contributed by atoms with E-state index in [1.807, 2.05) is 24.3 Å². The molecule has 0 saturated heterocycles. The lowest BCUT2D eigenvalue weighted by Gasteiger charge is -2.26. The lowest BCUT2D eigenvalue weighted by Crippen LogP contribution is -2.34. The second kappa shape index (κ2) is 9.17. The predicted molar refractivity (Wildman–Crippen MR) is 105 cm³/mol. The normalized spacial score (nSPS) is 14.9. The summed E-state index contributed by atoms with van der Waals surface area (Å²) in [6, 6.07) is 10.8. The molecule has 2 aromatic rings. The van der Waals surface area contributed by atoms with Crippen LogP contribution in [-0.2, 0) is 20.7 Å². The summed E-state index contributed by atoms with van der Waals surface area (Å²) in [6.45, 7) is -0.548. The van der Waals surface area contributed by atoms with Crippen molar-refractivity contribution in [1.29, 1.82) is 0 Å². The first-order valence-corrected chi connectivity index (χ1v) is 9.31. The van der Waals surface area contributed by atoms with E-state index in [0.29, 0.717) is 0 Å². The summed E-state index contributed by atoms with van der Waals surface area (Å²) in [6.07, 6.45) is 2.67. The van der Waals surface area contributed by atoms with Gasteiger partial charge in [-0.05, 0) is 36.5 Å². The molecule has 1 N–H and O–H groups in total. The van der Waals surface area contributed by atoms with Crippen LogP contribution in [0.1, 0.15) is 50.7 Å². The molecule has 0 bridgehead atoms. The fraction of sp³-hybridized carbons (Fsp3) is 0.286. The maximum Gasteiger partial charge on any atom is 0.338 e. The van der Waals surface area contributed by atoms with Gasteiger partial charge in [0, 0.05) is 12.1 Å². The standard InChI is InChI=1S/C21H20N2O7/c1-29-20(25)14-9-15(11-16(10-14)23(27)28)21(26)30-12-19(24)22-18-8-4-6-13-5-2-3-7-17(13)18/h2-3,5,7,9-11,18H,4,6,8,12H2,1H3,(H,22,24)/t18-/m1/s1. The van der Waals surface area contributed by atoms with E-state index in [-0.39, 0.29) is 17.2 Å². The molecule has 1 aliphatic rings. The first-order valence-electron chi connectivity index (χ1n) is 9.31. The van der Waals surface area contributed by atoms with Crippen LogP contribution in [0.2, 0.25) is 0 Å². The molecule has 0 heterocycles. The Kier molecular flexibility index (Phi) is 6.41. The smallest absolute Gasteiger partial charge is 0.338 e. The maximum atomic E-state index is 12.3. The Hall–Kier alpha value is -3.75. The number of esters is 2. The number of benzene rings is 2. The van der Waals surface area contributed by atoms with Crippen molar-refractivity contribution < 1.29 is 28.8 Å². The Morgan fingerprint density at radius 3 is 2.53 bits per heavy atom. The number of hydrogen-bond donors (Lipinski definition) is 1. The van der Waals surface area contributed by atoms with Gasteiger partial charge in [0.25, 0.3) is 11.6 Å². The van der Waals surface area contributed by atoms with Crippen molar-refractivity contribution >= 4 is 23.5 Å². The van der Waals surface area contributed by atoms with Gasteiger partial charge in [0.2, 0.25) is 0 Å². The quantitative estimate of drug-likeness (QED) is 0.439. The number of rotatable bonds is 6. The summed E-state index contributed by atoms with van der Waals surface area (Å²) >= 11 is 0. The minimum absolute atomic E-state index is 0.162. The number of fused-ring (bicyclic) bond motifs is 1. The number of hydrogen-bond acceptors (Lipinski definition) is 7. The molecule has 156 valence electrons. The lowest BCUT2D eigenvalue weighted by atomic mass is 9.88. The minimum atomic E-state index is -0.956. The fourth-order valence-corrected chi connectivity index (χ4v) is 3.42. The van der Waals surface area contributed by atoms with Gasteiger partial charge in [0.05, 0.1) is 29.2 Å². The van der Waals surface area contributed by atoms with Crippen LogP contribution >= 0.6 is 0 Å². The zero-order valence-corrected chi connectivity index (χ0v) is 16.3. The summed E-state index contributed by atoms with van der Waals surface area (Å²) in [5, 5.41) is 13.9. The minimum Gasteiger partial charge on any atom is -0.465 e. The second-order valence-electron chi connectivity index (χ2n) is 6.80. The number of ether oxygens (including phenoxy) is 2. The molecule has 0 aromatic heterocycles. The molecule has 9 heteroatoms. The van der Waals surface area contributed by atoms with Gasteiger partial charge >= 0.3 is 11.9 Å². The average molecular weight is 412 g/mol. The number of carbonyl (C=O) groups excluding carboxylic acids is 3. The number of non-ortho nitro benzene ring substituents is 1. The molecular formula is C21H20N2O7. The Morgan fingerprint density at radius 2 is 1.83 bits per heavy atom. The van der Waals surface area contributed by atoms with Gasteiger partial charge in [-0.3, -0.25) is 14.9 Å². The molecule has 3 rings (SSSR count). The van der Waals surface area contributed by atoms with Crippen LogP contribution in [-0.4, -0.2) is 36.5 Å². The predicted octanol–water partition coefficient (Wildman–Crippen LogP) is 2.73. The molecule has 0 radical (unpaired) electrons. The number of nitro benzene ring substituents is 1. The summed E-state index contributed by atoms with van der Waals surface area (Å²) in [4.78, 5) is 46.6. The largest absolute Gasteiger partial charge is 0.465 e. The van der Waals surface area contributed by atoms with E-state index in [1.54, 1.807) is 0 Å². The highest BCUT2D eigenvalue weighted by Gasteiger charge is 2.23. The van der Waals surface area contributed by atoms with Crippen LogP contribution < -0.4 is 5.32 Å². The lowest BCUT2D eigenvalue weighted by molar-refractivity contribution is -0.384. The van der Waals surface area contributed by atoms with Crippen LogP contribution in [0, 0.1) is 10.1 Å². The van der Waals surface area contributed by atoms with Gasteiger partial charge in [0.1, 0.15) is 0 Å². The molecule has 1 aliphatic carbocycles. The third kappa shape index (κ3) is 4.80. The van der Waals surface area contributed by atoms with E-state index in [4.69, 9.17) is 4.74 Å². The molecule has 0 saturated carbocycles. The molecular weight excluding hydrogens is 392 g/mol. The van der Waals surface area contributed by atoms with Crippen molar-refractivity contribution in [3.63, 3.8) is 0 Å². The number of nitrogens with zero attached hydrogens (tertiary/aromatic N) is 1. The number of carbonyl (C=O) groups is 3. The van der Waals surface area contributed by atoms with Gasteiger partial charge in [0.15, 0.2) is 6.61 Å². The molecule has 0 aliphatic heterocycles. The molecule has 9 nitrogen and oxygen atoms in total. The van der Waals surface area contributed by atoms with Gasteiger partial charge in [-0.1, -0.05) is 24.3 Å². The van der Waals surface area contributed by atoms with Gasteiger partial charge in [-0.15, -0.1) is 0 Å². The van der Waals surface area contributed by atoms with Crippen molar-refractivity contribution in [2.24, 2.45) is 0 Å². The maximum absolute atomic E-state index is 12.3. The number of nitro groups is 1. The number of nitrogens with one attached hydrogen (secondary N) is 1. The van der Waals surface area contributed by atoms with Crippen molar-refractivity contribution in [2.75, 3.05) is 13.7 Å². The molecule has 1 amide bonds. The van der Waals surface area contributed by atoms with Gasteiger partial charge < -0.3 is 14.8 Å². The van der Waals surface area contributed by atoms with Crippen molar-refractivity contribution in [3.8, 4) is 0 Å². The van der Waals surface area contributed by atoms with Crippen LogP contribution in [0.25, 0.3) is 0 Å². The Balaban J connectivity index is 1.66. The highest BCUT2D eigenvalue weighted by atomic mass is 16.6. The Bertz CT molecular complexity index is 1000. The summed E-state index contributed by atoms with van der Waals surface area (Å²) < 4.78 is 9.54. The first kappa shape index (κ1) is 21.0. The van der Waals surface area contributed by atoms with E-state index in [1.165, 1.54) is 5.56 Å². The van der Waals surface area contributed by atoms with Gasteiger partial charge in [-0.2, -0.15) is 0 Å². The van der Waals surface area contributed by atoms with E-state index in [2.05, 4.69) is 10.1 Å². The highest BCUT2D eigenvalue weighted by molar-refractivity contribution is 5.97. The SMILES string of the molecule is COC(=O)c1cc(C(=O)OCC(=O)N[C@@H]2CCCc3ccccc32)cc([N+](=O)[O-])c1. The van der Waals surface area contributed by atoms with Crippen molar-refractivity contribution in [2.45, 2.75) is 25.3 Å². The molecule has 30 heavy (non-hydrogen) atoms. The Morgan fingerprint density at radius 1 is 1.13 bits per heavy atom. The molecule has 1 atom stereocenters. The molecule has 0 spiro atoms. The second-order valence-corrected chi connectivity index (χ2v) is 6.80. The summed E-state index contributed by atoms with van der Waals surface area (Å²) in [7, 11) is 1.12. The Labute approximate surface area is 172 Å². The first-order chi connectivity index (χ1) is 14.4. The highest BCUT2D eigenvalue weighted by Crippen LogP contribution is 2.29. The van der Waals surface area contributed by atoms with Crippen molar-refractivity contribution in [1.82, 2.24) is 5.32 Å². The number of aryl methyl sites for hydroxylation is 1. The molecule has 0 unspecified atom stereocenters. The van der Waals surface area contributed by atoms with Crippen molar-refractivity contribution in [3.05, 3.63) is 74.8 Å². The van der Waals surface area contributed by atoms with E-state index in [9.17, 15) is 24.5 Å². The third-order valence-corrected chi connectivity index (χ3v) is 4.82. The zero-order chi connectivity index (χ0) is 21.7. The van der Waals surface area contributed by atoms with E-state index >= 15 is 0 Å². The monoisotopic (exact) mass is 412 g/mol. The zero-order valence-electron chi connectivity index (χ0n) is 16.3. The fourth-order valence-electron chi connectivity index (χ4n) is 3.42. The van der Waals surface area contributed by atoms with Crippen LogP contribution in [0.3, 0.4) is 0 Å². The van der Waals surface area contributed by atoms with E-state index in [0.717, 1.165) is 50.1 Å². The van der Waals surface area contributed by atoms with Crippen LogP contribution in [0.5, 0.6) is 0 Å². The topological polar surface area (TPSA) is 125 Å². The molecule has 0 fully saturated rings. The third-order valence-electron chi connectivity index (χ3n) is 4.82. The average Bonchev–Trinajstić information content (AvgIpc) is 2.76. The number of methoxy groups -OCH3 is 1. The van der Waals surface area contributed by atoms with Gasteiger partial charge in [-0.25, -0.2) is 9.59 Å². The summed E-state index contributed by atoms with van der Waals surface area (Å²) in [5.74, 6) is -2.27. The van der Waals surface area contributed by atoms with Crippen LogP contribution in [0.15, 0.2) is 42.5 Å². The number of amides is 1. The van der Waals surface area contributed by atoms with E-state index < -0.39 is 35.1 Å². The molecule has 2 aromatic carbocycles. The summed E-state index contributed by atoms with van der Waals surface area (Å²) in [5.41, 5.74) is 1.37.